The molecule has 0 atom stereocenters. The maximum absolute atomic E-state index is 11.5. The third-order valence-corrected chi connectivity index (χ3v) is 2.40. The van der Waals surface area contributed by atoms with Gasteiger partial charge >= 0.3 is 6.03 Å². The van der Waals surface area contributed by atoms with Crippen molar-refractivity contribution in [1.82, 2.24) is 0 Å². The fourth-order valence-corrected chi connectivity index (χ4v) is 1.53. The molecule has 0 saturated carbocycles. The van der Waals surface area contributed by atoms with Crippen molar-refractivity contribution < 1.29 is 9.21 Å². The number of carbonyl (C=O) groups excluding carboxylic acids is 1. The van der Waals surface area contributed by atoms with E-state index in [1.165, 1.54) is 0 Å². The topological polar surface area (TPSA) is 80.3 Å². The molecule has 0 radical (unpaired) electrons. The molecule has 0 fully saturated rings. The summed E-state index contributed by atoms with van der Waals surface area (Å²) < 4.78 is 5.69. The van der Waals surface area contributed by atoms with Gasteiger partial charge in [0, 0.05) is 17.4 Å². The van der Waals surface area contributed by atoms with E-state index in [1.807, 2.05) is 0 Å². The second-order valence-electron chi connectivity index (χ2n) is 3.30. The number of urea groups is 1. The molecule has 0 bridgehead atoms. The molecule has 0 saturated heterocycles. The molecule has 0 aliphatic heterocycles. The molecule has 0 aliphatic carbocycles. The summed E-state index contributed by atoms with van der Waals surface area (Å²) in [7, 11) is 0. The molecule has 1 aromatic heterocycles. The highest BCUT2D eigenvalue weighted by Gasteiger charge is 2.05. The van der Waals surface area contributed by atoms with Crippen molar-refractivity contribution in [2.24, 2.45) is 0 Å². The number of benzene rings is 1. The Hall–Kier alpha value is -1.95. The first-order valence-electron chi connectivity index (χ1n) is 4.82. The number of rotatable bonds is 2. The summed E-state index contributed by atoms with van der Waals surface area (Å²) in [5.74, 6) is 0.366. The van der Waals surface area contributed by atoms with Crippen LogP contribution in [0.25, 0.3) is 0 Å². The standard InChI is InChI=1S/C11H10BrN3O2/c12-9-5-6-10(17-9)15-11(16)14-8-3-1-7(13)2-4-8/h1-6H,13H2,(H2,14,15,16). The monoisotopic (exact) mass is 295 g/mol. The molecule has 2 rings (SSSR count). The summed E-state index contributed by atoms with van der Waals surface area (Å²) >= 11 is 3.14. The van der Waals surface area contributed by atoms with Crippen molar-refractivity contribution in [3.05, 3.63) is 41.1 Å². The molecule has 0 spiro atoms. The predicted octanol–water partition coefficient (Wildman–Crippen LogP) is 3.27. The zero-order valence-electron chi connectivity index (χ0n) is 8.74. The van der Waals surface area contributed by atoms with E-state index in [9.17, 15) is 4.79 Å². The fraction of sp³-hybridized carbons (Fsp3) is 0. The van der Waals surface area contributed by atoms with Crippen LogP contribution in [0.2, 0.25) is 0 Å². The van der Waals surface area contributed by atoms with Crippen molar-refractivity contribution in [3.63, 3.8) is 0 Å². The van der Waals surface area contributed by atoms with Gasteiger partial charge in [0.2, 0.25) is 5.88 Å². The second-order valence-corrected chi connectivity index (χ2v) is 4.09. The van der Waals surface area contributed by atoms with Crippen LogP contribution in [-0.4, -0.2) is 6.03 Å². The molecule has 1 heterocycles. The quantitative estimate of drug-likeness (QED) is 0.744. The minimum atomic E-state index is -0.378. The molecule has 5 nitrogen and oxygen atoms in total. The van der Waals surface area contributed by atoms with E-state index in [0.717, 1.165) is 0 Å². The third-order valence-electron chi connectivity index (χ3n) is 1.98. The number of anilines is 3. The molecular formula is C11H10BrN3O2. The number of hydrogen-bond acceptors (Lipinski definition) is 3. The molecule has 0 aliphatic rings. The summed E-state index contributed by atoms with van der Waals surface area (Å²) in [5, 5.41) is 5.19. The lowest BCUT2D eigenvalue weighted by Crippen LogP contribution is -2.18. The second kappa shape index (κ2) is 4.92. The van der Waals surface area contributed by atoms with Crippen LogP contribution in [-0.2, 0) is 0 Å². The number of nitrogen functional groups attached to an aromatic ring is 1. The van der Waals surface area contributed by atoms with Gasteiger partial charge in [-0.2, -0.15) is 0 Å². The van der Waals surface area contributed by atoms with E-state index in [4.69, 9.17) is 10.2 Å². The Labute approximate surface area is 106 Å². The van der Waals surface area contributed by atoms with Gasteiger partial charge in [-0.3, -0.25) is 5.32 Å². The zero-order chi connectivity index (χ0) is 12.3. The zero-order valence-corrected chi connectivity index (χ0v) is 10.3. The van der Waals surface area contributed by atoms with Crippen LogP contribution in [0.1, 0.15) is 0 Å². The number of amides is 2. The minimum absolute atomic E-state index is 0.366. The molecule has 17 heavy (non-hydrogen) atoms. The van der Waals surface area contributed by atoms with Crippen LogP contribution in [0.15, 0.2) is 45.5 Å². The van der Waals surface area contributed by atoms with E-state index in [2.05, 4.69) is 26.6 Å². The Bertz CT molecular complexity index is 522. The SMILES string of the molecule is Nc1ccc(NC(=O)Nc2ccc(Br)o2)cc1. The van der Waals surface area contributed by atoms with Crippen molar-refractivity contribution in [1.29, 1.82) is 0 Å². The van der Waals surface area contributed by atoms with Crippen LogP contribution in [0.3, 0.4) is 0 Å². The average Bonchev–Trinajstić information content (AvgIpc) is 2.67. The highest BCUT2D eigenvalue weighted by molar-refractivity contribution is 9.10. The number of hydrogen-bond donors (Lipinski definition) is 3. The smallest absolute Gasteiger partial charge is 0.326 e. The van der Waals surface area contributed by atoms with Gasteiger partial charge in [-0.05, 0) is 46.3 Å². The molecule has 1 aromatic carbocycles. The molecule has 6 heteroatoms. The van der Waals surface area contributed by atoms with Gasteiger partial charge in [0.1, 0.15) is 0 Å². The molecule has 2 aromatic rings. The van der Waals surface area contributed by atoms with Gasteiger partial charge in [-0.15, -0.1) is 0 Å². The van der Waals surface area contributed by atoms with Crippen molar-refractivity contribution >= 4 is 39.2 Å². The van der Waals surface area contributed by atoms with Crippen LogP contribution in [0.5, 0.6) is 0 Å². The average molecular weight is 296 g/mol. The first-order valence-corrected chi connectivity index (χ1v) is 5.62. The maximum Gasteiger partial charge on any atom is 0.326 e. The van der Waals surface area contributed by atoms with E-state index in [0.29, 0.717) is 21.9 Å². The number of carbonyl (C=O) groups is 1. The van der Waals surface area contributed by atoms with Gasteiger partial charge < -0.3 is 15.5 Å². The molecule has 2 amide bonds. The highest BCUT2D eigenvalue weighted by Crippen LogP contribution is 2.18. The largest absolute Gasteiger partial charge is 0.434 e. The summed E-state index contributed by atoms with van der Waals surface area (Å²) in [4.78, 5) is 11.5. The summed E-state index contributed by atoms with van der Waals surface area (Å²) in [6, 6.07) is 9.81. The third kappa shape index (κ3) is 3.25. The maximum atomic E-state index is 11.5. The number of nitrogens with one attached hydrogen (secondary N) is 2. The number of nitrogens with two attached hydrogens (primary N) is 1. The lowest BCUT2D eigenvalue weighted by Gasteiger charge is -2.05. The van der Waals surface area contributed by atoms with E-state index in [-0.39, 0.29) is 6.03 Å². The summed E-state index contributed by atoms with van der Waals surface area (Å²) in [5.41, 5.74) is 6.83. The van der Waals surface area contributed by atoms with Crippen LogP contribution in [0.4, 0.5) is 22.1 Å². The Morgan fingerprint density at radius 3 is 2.41 bits per heavy atom. The van der Waals surface area contributed by atoms with Crippen molar-refractivity contribution in [2.45, 2.75) is 0 Å². The highest BCUT2D eigenvalue weighted by atomic mass is 79.9. The number of halogens is 1. The van der Waals surface area contributed by atoms with Gasteiger partial charge in [-0.25, -0.2) is 4.79 Å². The Morgan fingerprint density at radius 2 is 1.82 bits per heavy atom. The first kappa shape index (κ1) is 11.5. The first-order chi connectivity index (χ1) is 8.13. The fourth-order valence-electron chi connectivity index (χ4n) is 1.22. The van der Waals surface area contributed by atoms with E-state index in [1.54, 1.807) is 36.4 Å². The Balaban J connectivity index is 1.95. The van der Waals surface area contributed by atoms with E-state index < -0.39 is 0 Å². The lowest BCUT2D eigenvalue weighted by atomic mass is 10.3. The lowest BCUT2D eigenvalue weighted by molar-refractivity contribution is 0.261. The van der Waals surface area contributed by atoms with Gasteiger partial charge in [-0.1, -0.05) is 0 Å². The summed E-state index contributed by atoms with van der Waals surface area (Å²) in [6.07, 6.45) is 0. The number of furan rings is 1. The van der Waals surface area contributed by atoms with Crippen molar-refractivity contribution in [2.75, 3.05) is 16.4 Å². The molecule has 88 valence electrons. The predicted molar refractivity (Wildman–Crippen MR) is 69.9 cm³/mol. The summed E-state index contributed by atoms with van der Waals surface area (Å²) in [6.45, 7) is 0. The van der Waals surface area contributed by atoms with Crippen LogP contribution in [0, 0.1) is 0 Å². The van der Waals surface area contributed by atoms with Gasteiger partial charge in [0.15, 0.2) is 4.67 Å². The Morgan fingerprint density at radius 1 is 1.12 bits per heavy atom. The van der Waals surface area contributed by atoms with E-state index >= 15 is 0 Å². The van der Waals surface area contributed by atoms with Crippen LogP contribution < -0.4 is 16.4 Å². The molecule has 0 unspecified atom stereocenters. The van der Waals surface area contributed by atoms with Crippen molar-refractivity contribution in [3.8, 4) is 0 Å². The normalized spacial score (nSPS) is 9.94. The molecular weight excluding hydrogens is 286 g/mol. The van der Waals surface area contributed by atoms with Crippen LogP contribution >= 0.6 is 15.9 Å². The molecule has 4 N–H and O–H groups in total. The minimum Gasteiger partial charge on any atom is -0.434 e. The Kier molecular flexibility index (Phi) is 3.34. The van der Waals surface area contributed by atoms with Gasteiger partial charge in [0.05, 0.1) is 0 Å². The van der Waals surface area contributed by atoms with Gasteiger partial charge in [0.25, 0.3) is 0 Å².